The molecule has 4 rings (SSSR count). The van der Waals surface area contributed by atoms with Gasteiger partial charge in [-0.3, -0.25) is 14.5 Å². The average Bonchev–Trinajstić information content (AvgIpc) is 3.37. The Kier molecular flexibility index (Phi) is 5.78. The summed E-state index contributed by atoms with van der Waals surface area (Å²) in [5, 5.41) is 10.7. The molecule has 0 fully saturated rings. The fourth-order valence-electron chi connectivity index (χ4n) is 2.79. The van der Waals surface area contributed by atoms with Crippen LogP contribution in [0, 0.1) is 0 Å². The average molecular weight is 411 g/mol. The molecule has 0 aliphatic rings. The van der Waals surface area contributed by atoms with E-state index in [9.17, 15) is 4.79 Å². The van der Waals surface area contributed by atoms with Gasteiger partial charge in [-0.1, -0.05) is 23.7 Å². The molecule has 9 nitrogen and oxygen atoms in total. The number of pyridine rings is 1. The summed E-state index contributed by atoms with van der Waals surface area (Å²) in [5.41, 5.74) is 2.56. The minimum absolute atomic E-state index is 0.106. The van der Waals surface area contributed by atoms with E-state index in [2.05, 4.69) is 35.7 Å². The number of H-pyrrole nitrogens is 1. The molecule has 0 aliphatic carbocycles. The summed E-state index contributed by atoms with van der Waals surface area (Å²) in [6.45, 7) is 2.06. The second-order valence-electron chi connectivity index (χ2n) is 6.32. The maximum absolute atomic E-state index is 12.2. The first kappa shape index (κ1) is 19.0. The molecule has 10 heteroatoms. The molecule has 3 aromatic heterocycles. The molecule has 0 spiro atoms. The lowest BCUT2D eigenvalue weighted by atomic mass is 10.3. The summed E-state index contributed by atoms with van der Waals surface area (Å²) < 4.78 is 1.62. The van der Waals surface area contributed by atoms with Crippen molar-refractivity contribution in [2.75, 3.05) is 6.54 Å². The fourth-order valence-corrected chi connectivity index (χ4v) is 2.98. The lowest BCUT2D eigenvalue weighted by molar-refractivity contribution is 0.0939. The van der Waals surface area contributed by atoms with Crippen LogP contribution in [0.15, 0.2) is 48.9 Å². The zero-order valence-corrected chi connectivity index (χ0v) is 16.2. The van der Waals surface area contributed by atoms with Gasteiger partial charge in [0.25, 0.3) is 5.91 Å². The number of carbonyl (C=O) groups is 1. The molecule has 3 heterocycles. The predicted molar refractivity (Wildman–Crippen MR) is 108 cm³/mol. The number of amides is 1. The van der Waals surface area contributed by atoms with Gasteiger partial charge in [-0.25, -0.2) is 9.97 Å². The molecule has 1 aromatic carbocycles. The third kappa shape index (κ3) is 4.76. The number of benzene rings is 1. The Labute approximate surface area is 171 Å². The van der Waals surface area contributed by atoms with Crippen LogP contribution in [0.3, 0.4) is 0 Å². The molecule has 1 amide bonds. The molecule has 4 aromatic rings. The van der Waals surface area contributed by atoms with E-state index in [1.165, 1.54) is 6.33 Å². The molecule has 0 aliphatic heterocycles. The van der Waals surface area contributed by atoms with Crippen molar-refractivity contribution < 1.29 is 4.79 Å². The van der Waals surface area contributed by atoms with Crippen molar-refractivity contribution in [2.24, 2.45) is 0 Å². The third-order valence-corrected chi connectivity index (χ3v) is 4.58. The van der Waals surface area contributed by atoms with E-state index in [0.29, 0.717) is 30.4 Å². The molecule has 0 atom stereocenters. The quantitative estimate of drug-likeness (QED) is 0.382. The van der Waals surface area contributed by atoms with Gasteiger partial charge < -0.3 is 15.6 Å². The van der Waals surface area contributed by atoms with E-state index in [1.807, 2.05) is 24.3 Å². The first-order chi connectivity index (χ1) is 14.2. The molecule has 29 heavy (non-hydrogen) atoms. The Balaban J connectivity index is 1.23. The highest BCUT2D eigenvalue weighted by Crippen LogP contribution is 2.11. The number of fused-ring (bicyclic) bond motifs is 1. The highest BCUT2D eigenvalue weighted by Gasteiger charge is 2.12. The third-order valence-electron chi connectivity index (χ3n) is 4.24. The maximum Gasteiger partial charge on any atom is 0.291 e. The molecule has 0 saturated heterocycles. The Morgan fingerprint density at radius 3 is 2.90 bits per heavy atom. The molecular formula is C19H19ClN8O. The highest BCUT2D eigenvalue weighted by atomic mass is 35.5. The Bertz CT molecular complexity index is 1090. The number of nitrogens with zero attached hydrogens (tertiary/aromatic N) is 5. The van der Waals surface area contributed by atoms with E-state index in [0.717, 1.165) is 16.9 Å². The number of aromatic amines is 1. The van der Waals surface area contributed by atoms with Crippen LogP contribution >= 0.6 is 11.6 Å². The van der Waals surface area contributed by atoms with Gasteiger partial charge in [0.05, 0.1) is 41.4 Å². The second-order valence-corrected chi connectivity index (χ2v) is 6.73. The predicted octanol–water partition coefficient (Wildman–Crippen LogP) is 1.92. The van der Waals surface area contributed by atoms with E-state index < -0.39 is 0 Å². The Morgan fingerprint density at radius 2 is 2.03 bits per heavy atom. The lowest BCUT2D eigenvalue weighted by Gasteiger charge is -2.04. The van der Waals surface area contributed by atoms with Crippen molar-refractivity contribution in [2.45, 2.75) is 19.6 Å². The number of imidazole rings is 1. The van der Waals surface area contributed by atoms with Crippen molar-refractivity contribution in [1.29, 1.82) is 0 Å². The summed E-state index contributed by atoms with van der Waals surface area (Å²) in [7, 11) is 0. The van der Waals surface area contributed by atoms with E-state index in [4.69, 9.17) is 11.6 Å². The molecule has 0 unspecified atom stereocenters. The van der Waals surface area contributed by atoms with Gasteiger partial charge in [0.1, 0.15) is 12.2 Å². The number of para-hydroxylation sites is 2. The van der Waals surface area contributed by atoms with Gasteiger partial charge in [0, 0.05) is 12.7 Å². The van der Waals surface area contributed by atoms with Crippen LogP contribution in [0.4, 0.5) is 0 Å². The van der Waals surface area contributed by atoms with Crippen LogP contribution in [0.1, 0.15) is 22.1 Å². The monoisotopic (exact) mass is 410 g/mol. The van der Waals surface area contributed by atoms with Gasteiger partial charge in [-0.2, -0.15) is 0 Å². The van der Waals surface area contributed by atoms with Crippen LogP contribution in [-0.2, 0) is 19.6 Å². The van der Waals surface area contributed by atoms with Crippen molar-refractivity contribution in [3.8, 4) is 0 Å². The van der Waals surface area contributed by atoms with E-state index >= 15 is 0 Å². The highest BCUT2D eigenvalue weighted by molar-refractivity contribution is 6.31. The van der Waals surface area contributed by atoms with Gasteiger partial charge in [-0.05, 0) is 24.3 Å². The zero-order valence-electron chi connectivity index (χ0n) is 15.5. The second kappa shape index (κ2) is 8.80. The van der Waals surface area contributed by atoms with Gasteiger partial charge >= 0.3 is 0 Å². The summed E-state index contributed by atoms with van der Waals surface area (Å²) in [5.74, 6) is 0.605. The molecule has 0 saturated carbocycles. The van der Waals surface area contributed by atoms with Crippen LogP contribution in [0.2, 0.25) is 5.02 Å². The number of carbonyl (C=O) groups excluding carboxylic acids is 1. The lowest BCUT2D eigenvalue weighted by Crippen LogP contribution is -2.25. The zero-order chi connectivity index (χ0) is 20.1. The van der Waals surface area contributed by atoms with Crippen LogP contribution < -0.4 is 10.6 Å². The first-order valence-corrected chi connectivity index (χ1v) is 9.48. The number of hydrogen-bond donors (Lipinski definition) is 3. The number of aromatic nitrogens is 6. The topological polar surface area (TPSA) is 113 Å². The largest absolute Gasteiger partial charge is 0.344 e. The molecule has 148 valence electrons. The smallest absolute Gasteiger partial charge is 0.291 e. The fraction of sp³-hybridized carbons (Fsp3) is 0.211. The molecule has 0 bridgehead atoms. The van der Waals surface area contributed by atoms with Crippen LogP contribution in [0.5, 0.6) is 0 Å². The standard InChI is InChI=1S/C19H19ClN8O/c20-13-4-3-7-22-16(13)10-23-19(29)18-24-12-28(27-18)9-8-21-11-17-25-14-5-1-2-6-15(14)26-17/h1-7,12,21H,8-11H2,(H,23,29)(H,25,26). The van der Waals surface area contributed by atoms with Gasteiger partial charge in [-0.15, -0.1) is 5.10 Å². The maximum atomic E-state index is 12.2. The number of halogens is 1. The van der Waals surface area contributed by atoms with Crippen molar-refractivity contribution in [1.82, 2.24) is 40.3 Å². The summed E-state index contributed by atoms with van der Waals surface area (Å²) in [4.78, 5) is 28.2. The first-order valence-electron chi connectivity index (χ1n) is 9.10. The molecule has 3 N–H and O–H groups in total. The minimum atomic E-state index is -0.374. The number of rotatable bonds is 8. The Hall–Kier alpha value is -3.30. The number of nitrogens with one attached hydrogen (secondary N) is 3. The van der Waals surface area contributed by atoms with Crippen molar-refractivity contribution in [3.05, 3.63) is 71.3 Å². The Morgan fingerprint density at radius 1 is 1.14 bits per heavy atom. The van der Waals surface area contributed by atoms with E-state index in [1.54, 1.807) is 23.0 Å². The normalized spacial score (nSPS) is 11.1. The summed E-state index contributed by atoms with van der Waals surface area (Å²) in [6.07, 6.45) is 3.16. The summed E-state index contributed by atoms with van der Waals surface area (Å²) in [6, 6.07) is 11.4. The minimum Gasteiger partial charge on any atom is -0.344 e. The summed E-state index contributed by atoms with van der Waals surface area (Å²) >= 11 is 6.03. The van der Waals surface area contributed by atoms with Gasteiger partial charge in [0.2, 0.25) is 5.82 Å². The van der Waals surface area contributed by atoms with Crippen molar-refractivity contribution in [3.63, 3.8) is 0 Å². The van der Waals surface area contributed by atoms with E-state index in [-0.39, 0.29) is 18.3 Å². The number of hydrogen-bond acceptors (Lipinski definition) is 6. The van der Waals surface area contributed by atoms with Crippen LogP contribution in [0.25, 0.3) is 11.0 Å². The SMILES string of the molecule is O=C(NCc1ncccc1Cl)c1ncn(CCNCc2nc3ccccc3[nH]2)n1. The molecular weight excluding hydrogens is 392 g/mol. The van der Waals surface area contributed by atoms with Crippen molar-refractivity contribution >= 4 is 28.5 Å². The van der Waals surface area contributed by atoms with Gasteiger partial charge in [0.15, 0.2) is 0 Å². The van der Waals surface area contributed by atoms with Crippen LogP contribution in [-0.4, -0.2) is 42.2 Å². The molecule has 0 radical (unpaired) electrons.